The van der Waals surface area contributed by atoms with E-state index in [1.807, 2.05) is 12.1 Å². The van der Waals surface area contributed by atoms with Gasteiger partial charge in [-0.2, -0.15) is 0 Å². The summed E-state index contributed by atoms with van der Waals surface area (Å²) in [7, 11) is 0. The van der Waals surface area contributed by atoms with Crippen LogP contribution in [0.15, 0.2) is 30.5 Å². The molecule has 1 aliphatic heterocycles. The van der Waals surface area contributed by atoms with Gasteiger partial charge >= 0.3 is 5.97 Å². The molecule has 0 radical (unpaired) electrons. The van der Waals surface area contributed by atoms with Gasteiger partial charge in [0, 0.05) is 18.4 Å². The Labute approximate surface area is 123 Å². The minimum absolute atomic E-state index is 0.150. The monoisotopic (exact) mass is 283 g/mol. The van der Waals surface area contributed by atoms with Crippen LogP contribution in [0.1, 0.15) is 28.5 Å². The Morgan fingerprint density at radius 1 is 1.38 bits per heavy atom. The second-order valence-corrected chi connectivity index (χ2v) is 5.52. The van der Waals surface area contributed by atoms with Crippen LogP contribution in [0.25, 0.3) is 0 Å². The predicted octanol–water partition coefficient (Wildman–Crippen LogP) is 2.81. The number of carboxylic acid groups (broad SMARTS) is 1. The van der Waals surface area contributed by atoms with E-state index < -0.39 is 5.97 Å². The Hall–Kier alpha value is -2.43. The van der Waals surface area contributed by atoms with Gasteiger partial charge in [0.05, 0.1) is 11.3 Å². The third-order valence-corrected chi connectivity index (χ3v) is 3.78. The third kappa shape index (κ3) is 2.46. The first-order chi connectivity index (χ1) is 10.1. The minimum Gasteiger partial charge on any atom is -0.478 e. The van der Waals surface area contributed by atoms with E-state index >= 15 is 0 Å². The van der Waals surface area contributed by atoms with Crippen molar-refractivity contribution in [1.29, 1.82) is 0 Å². The highest BCUT2D eigenvalue weighted by molar-refractivity contribution is 5.88. The molecule has 1 N–H and O–H groups in total. The van der Waals surface area contributed by atoms with Gasteiger partial charge in [0.2, 0.25) is 5.95 Å². The van der Waals surface area contributed by atoms with E-state index in [2.05, 4.69) is 33.9 Å². The number of carbonyl (C=O) groups is 1. The van der Waals surface area contributed by atoms with Crippen LogP contribution in [0, 0.1) is 12.8 Å². The van der Waals surface area contributed by atoms with Crippen LogP contribution >= 0.6 is 0 Å². The number of hydrogen-bond donors (Lipinski definition) is 1. The number of hydrogen-bond acceptors (Lipinski definition) is 4. The first-order valence-electron chi connectivity index (χ1n) is 6.98. The molecular weight excluding hydrogens is 266 g/mol. The summed E-state index contributed by atoms with van der Waals surface area (Å²) in [5, 5.41) is 9.07. The maximum absolute atomic E-state index is 11.1. The highest BCUT2D eigenvalue weighted by Gasteiger charge is 2.24. The fourth-order valence-electron chi connectivity index (χ4n) is 2.78. The van der Waals surface area contributed by atoms with E-state index in [0.717, 1.165) is 18.7 Å². The van der Waals surface area contributed by atoms with Crippen molar-refractivity contribution < 1.29 is 9.90 Å². The lowest BCUT2D eigenvalue weighted by atomic mass is 9.94. The number of para-hydroxylation sites is 1. The number of anilines is 2. The highest BCUT2D eigenvalue weighted by Crippen LogP contribution is 2.33. The van der Waals surface area contributed by atoms with Crippen molar-refractivity contribution in [1.82, 2.24) is 9.97 Å². The SMILES string of the molecule is Cc1nc(N2CC(C)Cc3ccccc32)ncc1C(=O)O. The molecule has 1 atom stereocenters. The zero-order chi connectivity index (χ0) is 15.0. The molecule has 0 aliphatic carbocycles. The lowest BCUT2D eigenvalue weighted by Crippen LogP contribution is -2.31. The molecule has 2 aromatic rings. The van der Waals surface area contributed by atoms with Gasteiger partial charge in [-0.15, -0.1) is 0 Å². The van der Waals surface area contributed by atoms with Crippen LogP contribution in [0.2, 0.25) is 0 Å². The topological polar surface area (TPSA) is 66.3 Å². The predicted molar refractivity (Wildman–Crippen MR) is 80.0 cm³/mol. The molecule has 0 amide bonds. The second kappa shape index (κ2) is 5.16. The van der Waals surface area contributed by atoms with E-state index in [9.17, 15) is 4.79 Å². The second-order valence-electron chi connectivity index (χ2n) is 5.52. The molecule has 1 aliphatic rings. The van der Waals surface area contributed by atoms with Crippen molar-refractivity contribution in [2.45, 2.75) is 20.3 Å². The molecule has 0 spiro atoms. The maximum atomic E-state index is 11.1. The highest BCUT2D eigenvalue weighted by atomic mass is 16.4. The van der Waals surface area contributed by atoms with Crippen LogP contribution in [-0.4, -0.2) is 27.6 Å². The average Bonchev–Trinajstić information content (AvgIpc) is 2.45. The van der Waals surface area contributed by atoms with Gasteiger partial charge in [-0.05, 0) is 30.9 Å². The van der Waals surface area contributed by atoms with Crippen LogP contribution in [0.4, 0.5) is 11.6 Å². The Bertz CT molecular complexity index is 700. The fraction of sp³-hybridized carbons (Fsp3) is 0.312. The summed E-state index contributed by atoms with van der Waals surface area (Å²) in [4.78, 5) is 21.8. The Kier molecular flexibility index (Phi) is 3.33. The van der Waals surface area contributed by atoms with Crippen LogP contribution in [0.3, 0.4) is 0 Å². The van der Waals surface area contributed by atoms with Gasteiger partial charge in [0.25, 0.3) is 0 Å². The van der Waals surface area contributed by atoms with Crippen molar-refractivity contribution in [3.05, 3.63) is 47.3 Å². The van der Waals surface area contributed by atoms with Gasteiger partial charge in [0.1, 0.15) is 0 Å². The maximum Gasteiger partial charge on any atom is 0.339 e. The molecule has 1 unspecified atom stereocenters. The molecule has 1 aromatic carbocycles. The Balaban J connectivity index is 2.05. The molecule has 0 bridgehead atoms. The number of benzene rings is 1. The zero-order valence-electron chi connectivity index (χ0n) is 12.1. The van der Waals surface area contributed by atoms with E-state index in [4.69, 9.17) is 5.11 Å². The molecule has 0 saturated heterocycles. The third-order valence-electron chi connectivity index (χ3n) is 3.78. The van der Waals surface area contributed by atoms with E-state index in [0.29, 0.717) is 17.6 Å². The lowest BCUT2D eigenvalue weighted by molar-refractivity contribution is 0.0695. The molecule has 1 aromatic heterocycles. The van der Waals surface area contributed by atoms with Crippen LogP contribution in [0.5, 0.6) is 0 Å². The quantitative estimate of drug-likeness (QED) is 0.918. The molecule has 108 valence electrons. The summed E-state index contributed by atoms with van der Waals surface area (Å²) >= 11 is 0. The lowest BCUT2D eigenvalue weighted by Gasteiger charge is -2.33. The van der Waals surface area contributed by atoms with Crippen molar-refractivity contribution in [3.8, 4) is 0 Å². The van der Waals surface area contributed by atoms with Crippen molar-refractivity contribution in [2.24, 2.45) is 5.92 Å². The van der Waals surface area contributed by atoms with E-state index in [-0.39, 0.29) is 5.56 Å². The summed E-state index contributed by atoms with van der Waals surface area (Å²) in [6, 6.07) is 8.22. The van der Waals surface area contributed by atoms with Crippen LogP contribution in [-0.2, 0) is 6.42 Å². The van der Waals surface area contributed by atoms with Crippen LogP contribution < -0.4 is 4.90 Å². The number of aromatic carboxylic acids is 1. The Morgan fingerprint density at radius 3 is 2.86 bits per heavy atom. The number of fused-ring (bicyclic) bond motifs is 1. The van der Waals surface area contributed by atoms with Gasteiger partial charge in [0.15, 0.2) is 0 Å². The molecule has 0 saturated carbocycles. The molecule has 3 rings (SSSR count). The summed E-state index contributed by atoms with van der Waals surface area (Å²) < 4.78 is 0. The van der Waals surface area contributed by atoms with Crippen molar-refractivity contribution >= 4 is 17.6 Å². The normalized spacial score (nSPS) is 17.4. The number of rotatable bonds is 2. The molecule has 5 nitrogen and oxygen atoms in total. The number of carboxylic acids is 1. The van der Waals surface area contributed by atoms with Crippen molar-refractivity contribution in [2.75, 3.05) is 11.4 Å². The van der Waals surface area contributed by atoms with Crippen molar-refractivity contribution in [3.63, 3.8) is 0 Å². The number of aromatic nitrogens is 2. The van der Waals surface area contributed by atoms with Gasteiger partial charge < -0.3 is 10.0 Å². The fourth-order valence-corrected chi connectivity index (χ4v) is 2.78. The first kappa shape index (κ1) is 13.5. The molecule has 2 heterocycles. The minimum atomic E-state index is -0.994. The summed E-state index contributed by atoms with van der Waals surface area (Å²) in [6.45, 7) is 4.73. The summed E-state index contributed by atoms with van der Waals surface area (Å²) in [6.07, 6.45) is 2.43. The molecular formula is C16H17N3O2. The largest absolute Gasteiger partial charge is 0.478 e. The van der Waals surface area contributed by atoms with Gasteiger partial charge in [-0.25, -0.2) is 14.8 Å². The zero-order valence-corrected chi connectivity index (χ0v) is 12.1. The average molecular weight is 283 g/mol. The van der Waals surface area contributed by atoms with Gasteiger partial charge in [-0.3, -0.25) is 0 Å². The molecule has 0 fully saturated rings. The Morgan fingerprint density at radius 2 is 2.14 bits per heavy atom. The number of aryl methyl sites for hydroxylation is 1. The smallest absolute Gasteiger partial charge is 0.339 e. The number of nitrogens with zero attached hydrogens (tertiary/aromatic N) is 3. The molecule has 5 heteroatoms. The van der Waals surface area contributed by atoms with Gasteiger partial charge in [-0.1, -0.05) is 25.1 Å². The summed E-state index contributed by atoms with van der Waals surface area (Å²) in [5.41, 5.74) is 3.03. The van der Waals surface area contributed by atoms with E-state index in [1.54, 1.807) is 6.92 Å². The molecule has 21 heavy (non-hydrogen) atoms. The standard InChI is InChI=1S/C16H17N3O2/c1-10-7-12-5-3-4-6-14(12)19(9-10)16-17-8-13(15(20)21)11(2)18-16/h3-6,8,10H,7,9H2,1-2H3,(H,20,21). The first-order valence-corrected chi connectivity index (χ1v) is 6.98. The van der Waals surface area contributed by atoms with E-state index in [1.165, 1.54) is 11.8 Å². The summed E-state index contributed by atoms with van der Waals surface area (Å²) in [5.74, 6) is 0.0749.